The highest BCUT2D eigenvalue weighted by atomic mass is 127. The van der Waals surface area contributed by atoms with Gasteiger partial charge in [-0.05, 0) is 53.3 Å². The van der Waals surface area contributed by atoms with Gasteiger partial charge in [0.15, 0.2) is 11.5 Å². The van der Waals surface area contributed by atoms with E-state index in [1.807, 2.05) is 22.6 Å². The van der Waals surface area contributed by atoms with Crippen LogP contribution in [0.25, 0.3) is 0 Å². The van der Waals surface area contributed by atoms with Crippen molar-refractivity contribution in [2.24, 2.45) is 5.92 Å². The third-order valence-corrected chi connectivity index (χ3v) is 7.92. The minimum Gasteiger partial charge on any atom is -0.493 e. The lowest BCUT2D eigenvalue weighted by Crippen LogP contribution is -2.56. The Labute approximate surface area is 250 Å². The van der Waals surface area contributed by atoms with E-state index < -0.39 is 35.9 Å². The van der Waals surface area contributed by atoms with Crippen LogP contribution >= 0.6 is 22.6 Å². The molecule has 10 nitrogen and oxygen atoms in total. The van der Waals surface area contributed by atoms with Crippen LogP contribution in [0.15, 0.2) is 48.0 Å². The molecule has 0 saturated carbocycles. The maximum atomic E-state index is 14.8. The summed E-state index contributed by atoms with van der Waals surface area (Å²) in [5.74, 6) is -1.32. The maximum Gasteiger partial charge on any atom is 0.247 e. The molecule has 2 amide bonds. The first-order valence-corrected chi connectivity index (χ1v) is 14.2. The van der Waals surface area contributed by atoms with Gasteiger partial charge in [0.25, 0.3) is 0 Å². The number of amides is 2. The Hall–Kier alpha value is -3.07. The number of hydrogen-bond acceptors (Lipinski definition) is 8. The molecule has 2 aromatic rings. The highest BCUT2D eigenvalue weighted by Crippen LogP contribution is 2.37. The molecule has 4 atom stereocenters. The third-order valence-electron chi connectivity index (χ3n) is 7.12. The quantitative estimate of drug-likeness (QED) is 0.243. The van der Waals surface area contributed by atoms with Gasteiger partial charge in [-0.1, -0.05) is 18.2 Å². The molecule has 0 aromatic heterocycles. The number of aldehydes is 1. The van der Waals surface area contributed by atoms with E-state index >= 15 is 0 Å². The van der Waals surface area contributed by atoms with Gasteiger partial charge in [-0.25, -0.2) is 4.39 Å². The topological polar surface area (TPSA) is 135 Å². The zero-order valence-electron chi connectivity index (χ0n) is 22.4. The molecule has 1 saturated heterocycles. The number of rotatable bonds is 11. The van der Waals surface area contributed by atoms with Crippen LogP contribution in [-0.2, 0) is 20.9 Å². The van der Waals surface area contributed by atoms with Gasteiger partial charge < -0.3 is 34.6 Å². The van der Waals surface area contributed by atoms with Gasteiger partial charge in [0.05, 0.1) is 35.9 Å². The average Bonchev–Trinajstić information content (AvgIpc) is 3.52. The number of carbonyl (C=O) groups is 3. The summed E-state index contributed by atoms with van der Waals surface area (Å²) in [5.41, 5.74) is 0.845. The Kier molecular flexibility index (Phi) is 10.7. The van der Waals surface area contributed by atoms with Crippen molar-refractivity contribution in [1.29, 1.82) is 0 Å². The first-order valence-electron chi connectivity index (χ1n) is 13.2. The Morgan fingerprint density at radius 3 is 2.73 bits per heavy atom. The van der Waals surface area contributed by atoms with E-state index in [-0.39, 0.29) is 61.3 Å². The van der Waals surface area contributed by atoms with E-state index in [1.165, 1.54) is 30.2 Å². The van der Waals surface area contributed by atoms with Crippen LogP contribution in [0.3, 0.4) is 0 Å². The molecule has 3 N–H and O–H groups in total. The molecule has 1 heterocycles. The second-order valence-corrected chi connectivity index (χ2v) is 10.9. The lowest BCUT2D eigenvalue weighted by atomic mass is 9.87. The van der Waals surface area contributed by atoms with E-state index in [9.17, 15) is 29.0 Å². The average molecular weight is 682 g/mol. The number of aliphatic hydroxyl groups excluding tert-OH is 2. The second kappa shape index (κ2) is 14.2. The number of methoxy groups -OCH3 is 1. The standard InChI is InChI=1S/C29H32FIN2O8/c1-39-25-11-17(15-35)10-22(31)27(25)41-24-13-20(28(37)32-7-8-34)12-23(26(24)36)33(29(38)19-6-9-40-16-19)14-18-4-2-3-5-21(18)30/h2-5,10-11,13,15,19,23-24,26,34,36H,6-9,12,14,16H2,1H3,(H,32,37). The van der Waals surface area contributed by atoms with Crippen molar-refractivity contribution in [3.05, 3.63) is 68.6 Å². The zero-order chi connectivity index (χ0) is 29.5. The van der Waals surface area contributed by atoms with Crippen molar-refractivity contribution >= 4 is 40.7 Å². The molecule has 12 heteroatoms. The van der Waals surface area contributed by atoms with Crippen LogP contribution in [0.5, 0.6) is 11.5 Å². The summed E-state index contributed by atoms with van der Waals surface area (Å²) in [5, 5.41) is 23.5. The Morgan fingerprint density at radius 1 is 1.29 bits per heavy atom. The molecular weight excluding hydrogens is 650 g/mol. The molecular formula is C29H32FIN2O8. The van der Waals surface area contributed by atoms with Crippen LogP contribution in [0.1, 0.15) is 28.8 Å². The SMILES string of the molecule is COc1cc(C=O)cc(I)c1OC1C=C(C(=O)NCCO)CC(N(Cc2ccccc2F)C(=O)C2CCOC2)C1O. The smallest absolute Gasteiger partial charge is 0.247 e. The summed E-state index contributed by atoms with van der Waals surface area (Å²) >= 11 is 1.98. The van der Waals surface area contributed by atoms with Gasteiger partial charge in [0.1, 0.15) is 24.3 Å². The fraction of sp³-hybridized carbons (Fsp3) is 0.414. The Bertz CT molecular complexity index is 1300. The van der Waals surface area contributed by atoms with Crippen molar-refractivity contribution in [2.45, 2.75) is 37.6 Å². The van der Waals surface area contributed by atoms with Crippen molar-refractivity contribution < 1.29 is 43.2 Å². The number of nitrogens with zero attached hydrogens (tertiary/aromatic N) is 1. The van der Waals surface area contributed by atoms with Crippen LogP contribution in [0.2, 0.25) is 0 Å². The summed E-state index contributed by atoms with van der Waals surface area (Å²) in [7, 11) is 1.41. The van der Waals surface area contributed by atoms with Crippen LogP contribution in [0.4, 0.5) is 4.39 Å². The number of ether oxygens (including phenoxy) is 3. The number of hydrogen-bond donors (Lipinski definition) is 3. The first kappa shape index (κ1) is 30.9. The molecule has 0 radical (unpaired) electrons. The van der Waals surface area contributed by atoms with Crippen molar-refractivity contribution in [2.75, 3.05) is 33.5 Å². The molecule has 2 aromatic carbocycles. The summed E-state index contributed by atoms with van der Waals surface area (Å²) in [6.45, 7) is 0.200. The van der Waals surface area contributed by atoms with Crippen LogP contribution in [-0.4, -0.2) is 84.9 Å². The van der Waals surface area contributed by atoms with Crippen LogP contribution < -0.4 is 14.8 Å². The number of carbonyl (C=O) groups excluding carboxylic acids is 3. The molecule has 41 heavy (non-hydrogen) atoms. The molecule has 1 fully saturated rings. The zero-order valence-corrected chi connectivity index (χ0v) is 24.6. The predicted molar refractivity (Wildman–Crippen MR) is 154 cm³/mol. The summed E-state index contributed by atoms with van der Waals surface area (Å²) < 4.78 is 32.4. The van der Waals surface area contributed by atoms with Crippen molar-refractivity contribution in [3.8, 4) is 11.5 Å². The van der Waals surface area contributed by atoms with E-state index in [1.54, 1.807) is 24.3 Å². The molecule has 0 bridgehead atoms. The fourth-order valence-corrected chi connectivity index (χ4v) is 5.72. The minimum absolute atomic E-state index is 0.00504. The highest BCUT2D eigenvalue weighted by Gasteiger charge is 2.43. The van der Waals surface area contributed by atoms with Gasteiger partial charge in [-0.2, -0.15) is 0 Å². The molecule has 1 aliphatic heterocycles. The molecule has 220 valence electrons. The van der Waals surface area contributed by atoms with E-state index in [2.05, 4.69) is 5.32 Å². The summed E-state index contributed by atoms with van der Waals surface area (Å²) in [6.07, 6.45) is 0.138. The Morgan fingerprint density at radius 2 is 2.07 bits per heavy atom. The number of aliphatic hydroxyl groups is 2. The van der Waals surface area contributed by atoms with Gasteiger partial charge in [0, 0.05) is 42.8 Å². The molecule has 2 aliphatic rings. The molecule has 0 spiro atoms. The van der Waals surface area contributed by atoms with Gasteiger partial charge in [-0.3, -0.25) is 14.4 Å². The van der Waals surface area contributed by atoms with Gasteiger partial charge >= 0.3 is 0 Å². The second-order valence-electron chi connectivity index (χ2n) is 9.79. The molecule has 4 unspecified atom stereocenters. The minimum atomic E-state index is -1.33. The maximum absolute atomic E-state index is 14.8. The summed E-state index contributed by atoms with van der Waals surface area (Å²) in [4.78, 5) is 39.6. The van der Waals surface area contributed by atoms with Crippen LogP contribution in [0, 0.1) is 15.3 Å². The van der Waals surface area contributed by atoms with Gasteiger partial charge in [0.2, 0.25) is 11.8 Å². The van der Waals surface area contributed by atoms with Crippen molar-refractivity contribution in [1.82, 2.24) is 10.2 Å². The molecule has 4 rings (SSSR count). The summed E-state index contributed by atoms with van der Waals surface area (Å²) in [6, 6.07) is 8.18. The lowest BCUT2D eigenvalue weighted by molar-refractivity contribution is -0.143. The van der Waals surface area contributed by atoms with E-state index in [4.69, 9.17) is 14.2 Å². The third kappa shape index (κ3) is 7.23. The monoisotopic (exact) mass is 682 g/mol. The Balaban J connectivity index is 1.74. The van der Waals surface area contributed by atoms with E-state index in [0.717, 1.165) is 0 Å². The lowest BCUT2D eigenvalue weighted by Gasteiger charge is -2.41. The highest BCUT2D eigenvalue weighted by molar-refractivity contribution is 14.1. The fourth-order valence-electron chi connectivity index (χ4n) is 4.97. The normalized spacial score (nSPS) is 22.0. The molecule has 1 aliphatic carbocycles. The first-order chi connectivity index (χ1) is 19.8. The van der Waals surface area contributed by atoms with Crippen molar-refractivity contribution in [3.63, 3.8) is 0 Å². The largest absolute Gasteiger partial charge is 0.493 e. The predicted octanol–water partition coefficient (Wildman–Crippen LogP) is 2.23. The number of nitrogens with one attached hydrogen (secondary N) is 1. The number of halogens is 2. The van der Waals surface area contributed by atoms with E-state index in [0.29, 0.717) is 28.4 Å². The van der Waals surface area contributed by atoms with Gasteiger partial charge in [-0.15, -0.1) is 0 Å². The number of benzene rings is 2.